The van der Waals surface area contributed by atoms with Crippen LogP contribution in [-0.2, 0) is 0 Å². The summed E-state index contributed by atoms with van der Waals surface area (Å²) < 4.78 is 0. The molecule has 1 rings (SSSR count). The molecule has 2 N–H and O–H groups in total. The maximum absolute atomic E-state index is 10.00. The highest BCUT2D eigenvalue weighted by atomic mass is 16.3. The summed E-state index contributed by atoms with van der Waals surface area (Å²) in [6.45, 7) is 12.3. The Morgan fingerprint density at radius 2 is 1.89 bits per heavy atom. The Hall–Kier alpha value is -0.120. The Kier molecular flexibility index (Phi) is 7.33. The highest BCUT2D eigenvalue weighted by Crippen LogP contribution is 2.25. The molecule has 0 spiro atoms. The zero-order chi connectivity index (χ0) is 14.3. The number of nitrogens with zero attached hydrogens (tertiary/aromatic N) is 1. The molecule has 0 heterocycles. The molecule has 0 aromatic carbocycles. The fraction of sp³-hybridized carbons (Fsp3) is 1.00. The summed E-state index contributed by atoms with van der Waals surface area (Å²) in [5.74, 6) is 0.752. The first-order valence-electron chi connectivity index (χ1n) is 8.14. The van der Waals surface area contributed by atoms with Gasteiger partial charge in [0.15, 0.2) is 0 Å². The van der Waals surface area contributed by atoms with Gasteiger partial charge in [-0.2, -0.15) is 0 Å². The Labute approximate surface area is 119 Å². The molecule has 1 fully saturated rings. The molecule has 1 saturated carbocycles. The minimum Gasteiger partial charge on any atom is -0.389 e. The monoisotopic (exact) mass is 270 g/mol. The lowest BCUT2D eigenvalue weighted by atomic mass is 9.84. The maximum Gasteiger partial charge on any atom is 0.0718 e. The summed E-state index contributed by atoms with van der Waals surface area (Å²) in [4.78, 5) is 2.41. The van der Waals surface area contributed by atoms with Gasteiger partial charge in [-0.15, -0.1) is 0 Å². The predicted molar refractivity (Wildman–Crippen MR) is 82.5 cm³/mol. The molecule has 19 heavy (non-hydrogen) atoms. The fourth-order valence-electron chi connectivity index (χ4n) is 3.21. The first-order chi connectivity index (χ1) is 8.96. The van der Waals surface area contributed by atoms with Crippen molar-refractivity contribution in [3.8, 4) is 0 Å². The minimum atomic E-state index is -0.586. The number of aliphatic hydroxyl groups is 1. The predicted octanol–water partition coefficient (Wildman–Crippen LogP) is 2.64. The number of hydrogen-bond donors (Lipinski definition) is 2. The van der Waals surface area contributed by atoms with E-state index >= 15 is 0 Å². The normalized spacial score (nSPS) is 24.9. The van der Waals surface area contributed by atoms with Crippen molar-refractivity contribution in [3.05, 3.63) is 0 Å². The van der Waals surface area contributed by atoms with Crippen LogP contribution in [0.5, 0.6) is 0 Å². The van der Waals surface area contributed by atoms with Gasteiger partial charge in [0.25, 0.3) is 0 Å². The third-order valence-corrected chi connectivity index (χ3v) is 4.12. The molecule has 3 heteroatoms. The molecular weight excluding hydrogens is 236 g/mol. The van der Waals surface area contributed by atoms with Crippen LogP contribution in [-0.4, -0.2) is 47.8 Å². The number of rotatable bonds is 8. The molecule has 3 nitrogen and oxygen atoms in total. The Balaban J connectivity index is 2.49. The van der Waals surface area contributed by atoms with Crippen LogP contribution >= 0.6 is 0 Å². The van der Waals surface area contributed by atoms with Gasteiger partial charge in [-0.05, 0) is 52.1 Å². The van der Waals surface area contributed by atoms with Gasteiger partial charge in [-0.25, -0.2) is 0 Å². The lowest BCUT2D eigenvalue weighted by Crippen LogP contribution is -2.47. The van der Waals surface area contributed by atoms with Crippen molar-refractivity contribution in [2.45, 2.75) is 71.4 Å². The molecule has 1 aliphatic carbocycles. The summed E-state index contributed by atoms with van der Waals surface area (Å²) in [5.41, 5.74) is -0.586. The number of hydrogen-bond acceptors (Lipinski definition) is 3. The largest absolute Gasteiger partial charge is 0.389 e. The van der Waals surface area contributed by atoms with Crippen LogP contribution in [0.2, 0.25) is 0 Å². The third kappa shape index (κ3) is 6.73. The zero-order valence-electron chi connectivity index (χ0n) is 13.4. The molecule has 0 saturated heterocycles. The molecule has 0 radical (unpaired) electrons. The molecule has 1 aliphatic rings. The van der Waals surface area contributed by atoms with Gasteiger partial charge in [-0.1, -0.05) is 26.7 Å². The van der Waals surface area contributed by atoms with E-state index in [0.29, 0.717) is 6.04 Å². The Morgan fingerprint density at radius 1 is 1.21 bits per heavy atom. The summed E-state index contributed by atoms with van der Waals surface area (Å²) in [7, 11) is 0. The van der Waals surface area contributed by atoms with E-state index in [-0.39, 0.29) is 0 Å². The molecule has 0 bridgehead atoms. The van der Waals surface area contributed by atoms with Crippen LogP contribution < -0.4 is 5.32 Å². The van der Waals surface area contributed by atoms with E-state index in [9.17, 15) is 5.11 Å². The van der Waals surface area contributed by atoms with Gasteiger partial charge in [0, 0.05) is 19.1 Å². The molecular formula is C16H34N2O. The molecule has 2 unspecified atom stereocenters. The summed E-state index contributed by atoms with van der Waals surface area (Å²) >= 11 is 0. The lowest BCUT2D eigenvalue weighted by Gasteiger charge is -2.37. The average molecular weight is 270 g/mol. The Morgan fingerprint density at radius 3 is 2.47 bits per heavy atom. The molecule has 0 aliphatic heterocycles. The lowest BCUT2D eigenvalue weighted by molar-refractivity contribution is 0.0281. The molecule has 2 atom stereocenters. The first kappa shape index (κ1) is 16.9. The second-order valence-electron chi connectivity index (χ2n) is 6.75. The van der Waals surface area contributed by atoms with Crippen molar-refractivity contribution in [1.82, 2.24) is 10.2 Å². The van der Waals surface area contributed by atoms with Crippen molar-refractivity contribution in [1.29, 1.82) is 0 Å². The first-order valence-corrected chi connectivity index (χ1v) is 8.14. The molecule has 0 amide bonds. The second-order valence-corrected chi connectivity index (χ2v) is 6.75. The second kappa shape index (κ2) is 8.23. The number of nitrogens with one attached hydrogen (secondary N) is 1. The Bertz CT molecular complexity index is 237. The van der Waals surface area contributed by atoms with E-state index < -0.39 is 5.60 Å². The van der Waals surface area contributed by atoms with E-state index in [2.05, 4.69) is 24.1 Å². The minimum absolute atomic E-state index is 0.586. The van der Waals surface area contributed by atoms with Gasteiger partial charge in [-0.3, -0.25) is 0 Å². The van der Waals surface area contributed by atoms with Crippen LogP contribution in [0.3, 0.4) is 0 Å². The molecule has 0 aromatic rings. The topological polar surface area (TPSA) is 35.5 Å². The van der Waals surface area contributed by atoms with Gasteiger partial charge < -0.3 is 15.3 Å². The summed E-state index contributed by atoms with van der Waals surface area (Å²) in [6.07, 6.45) is 6.61. The molecule has 0 aromatic heterocycles. The third-order valence-electron chi connectivity index (χ3n) is 4.12. The van der Waals surface area contributed by atoms with Gasteiger partial charge in [0.05, 0.1) is 5.60 Å². The van der Waals surface area contributed by atoms with Gasteiger partial charge in [0.1, 0.15) is 0 Å². The van der Waals surface area contributed by atoms with E-state index in [1.165, 1.54) is 32.1 Å². The van der Waals surface area contributed by atoms with E-state index in [1.54, 1.807) is 0 Å². The fourth-order valence-corrected chi connectivity index (χ4v) is 3.21. The quantitative estimate of drug-likeness (QED) is 0.712. The van der Waals surface area contributed by atoms with Crippen LogP contribution in [0.4, 0.5) is 0 Å². The van der Waals surface area contributed by atoms with Crippen molar-refractivity contribution >= 4 is 0 Å². The smallest absolute Gasteiger partial charge is 0.0718 e. The van der Waals surface area contributed by atoms with Crippen LogP contribution in [0.15, 0.2) is 0 Å². The van der Waals surface area contributed by atoms with Crippen LogP contribution in [0.1, 0.15) is 59.8 Å². The standard InChI is InChI=1S/C16H34N2O/c1-5-11-17-15-10-8-7-9-14(15)12-18(6-2)13-16(3,4)19/h14-15,17,19H,5-13H2,1-4H3. The number of likely N-dealkylation sites (N-methyl/N-ethyl adjacent to an activating group) is 1. The van der Waals surface area contributed by atoms with Gasteiger partial charge >= 0.3 is 0 Å². The molecule has 114 valence electrons. The van der Waals surface area contributed by atoms with Crippen molar-refractivity contribution in [3.63, 3.8) is 0 Å². The SMILES string of the molecule is CCCNC1CCCCC1CN(CC)CC(C)(C)O. The van der Waals surface area contributed by atoms with E-state index in [1.807, 2.05) is 13.8 Å². The van der Waals surface area contributed by atoms with Crippen molar-refractivity contribution in [2.24, 2.45) is 5.92 Å². The van der Waals surface area contributed by atoms with Crippen LogP contribution in [0, 0.1) is 5.92 Å². The van der Waals surface area contributed by atoms with Crippen molar-refractivity contribution < 1.29 is 5.11 Å². The zero-order valence-corrected chi connectivity index (χ0v) is 13.4. The van der Waals surface area contributed by atoms with Crippen LogP contribution in [0.25, 0.3) is 0 Å². The highest BCUT2D eigenvalue weighted by molar-refractivity contribution is 4.84. The van der Waals surface area contributed by atoms with E-state index in [0.717, 1.165) is 32.1 Å². The highest BCUT2D eigenvalue weighted by Gasteiger charge is 2.27. The van der Waals surface area contributed by atoms with Crippen molar-refractivity contribution in [2.75, 3.05) is 26.2 Å². The van der Waals surface area contributed by atoms with Gasteiger partial charge in [0.2, 0.25) is 0 Å². The average Bonchev–Trinajstić information content (AvgIpc) is 2.35. The summed E-state index contributed by atoms with van der Waals surface area (Å²) in [5, 5.41) is 13.7. The summed E-state index contributed by atoms with van der Waals surface area (Å²) in [6, 6.07) is 0.685. The van der Waals surface area contributed by atoms with E-state index in [4.69, 9.17) is 0 Å². The maximum atomic E-state index is 10.00.